The van der Waals surface area contributed by atoms with Crippen molar-refractivity contribution in [3.63, 3.8) is 0 Å². The molecule has 0 saturated carbocycles. The predicted molar refractivity (Wildman–Crippen MR) is 55.4 cm³/mol. The van der Waals surface area contributed by atoms with Gasteiger partial charge in [0, 0.05) is 0 Å². The fraction of sp³-hybridized carbons (Fsp3) is 0.700. The van der Waals surface area contributed by atoms with Gasteiger partial charge >= 0.3 is 11.9 Å². The van der Waals surface area contributed by atoms with Crippen LogP contribution >= 0.6 is 0 Å². The molecule has 1 saturated heterocycles. The largest absolute Gasteiger partial charge is 0.480 e. The van der Waals surface area contributed by atoms with E-state index in [9.17, 15) is 14.4 Å². The van der Waals surface area contributed by atoms with E-state index in [0.717, 1.165) is 4.90 Å². The topological polar surface area (TPSA) is 104 Å². The molecule has 0 aromatic rings. The first-order chi connectivity index (χ1) is 7.90. The van der Waals surface area contributed by atoms with Crippen LogP contribution in [-0.4, -0.2) is 58.8 Å². The molecule has 0 spiro atoms. The van der Waals surface area contributed by atoms with Crippen LogP contribution in [0.5, 0.6) is 0 Å². The van der Waals surface area contributed by atoms with Gasteiger partial charge in [0.15, 0.2) is 0 Å². The fourth-order valence-corrected chi connectivity index (χ4v) is 1.79. The molecular formula is C10H15NO6. The summed E-state index contributed by atoms with van der Waals surface area (Å²) in [5.74, 6) is -3.37. The standard InChI is InChI=1S/C10H15NO6/c1-6-2-7(5-17-6)10(16)11(3-8(12)13)4-9(14)15/h6-7H,2-5H2,1H3,(H,12,13)(H,14,15). The second kappa shape index (κ2) is 5.62. The van der Waals surface area contributed by atoms with Crippen molar-refractivity contribution in [2.24, 2.45) is 5.92 Å². The van der Waals surface area contributed by atoms with Gasteiger partial charge in [-0.15, -0.1) is 0 Å². The lowest BCUT2D eigenvalue weighted by atomic mass is 10.0. The van der Waals surface area contributed by atoms with Crippen LogP contribution in [0.25, 0.3) is 0 Å². The zero-order valence-corrected chi connectivity index (χ0v) is 9.46. The SMILES string of the molecule is CC1CC(C(=O)N(CC(=O)O)CC(=O)O)CO1. The number of carboxylic acid groups (broad SMARTS) is 2. The van der Waals surface area contributed by atoms with Crippen molar-refractivity contribution in [3.05, 3.63) is 0 Å². The molecule has 0 radical (unpaired) electrons. The van der Waals surface area contributed by atoms with E-state index in [1.54, 1.807) is 0 Å². The van der Waals surface area contributed by atoms with Crippen molar-refractivity contribution >= 4 is 17.8 Å². The molecule has 1 aliphatic heterocycles. The summed E-state index contributed by atoms with van der Waals surface area (Å²) < 4.78 is 5.20. The van der Waals surface area contributed by atoms with Crippen LogP contribution in [0.4, 0.5) is 0 Å². The van der Waals surface area contributed by atoms with Crippen LogP contribution in [0.3, 0.4) is 0 Å². The maximum atomic E-state index is 11.9. The van der Waals surface area contributed by atoms with Gasteiger partial charge in [-0.25, -0.2) is 0 Å². The minimum absolute atomic E-state index is 0.0551. The lowest BCUT2D eigenvalue weighted by Gasteiger charge is -2.21. The Bertz CT molecular complexity index is 313. The number of rotatable bonds is 5. The number of nitrogens with zero attached hydrogens (tertiary/aromatic N) is 1. The zero-order chi connectivity index (χ0) is 13.0. The Balaban J connectivity index is 2.64. The monoisotopic (exact) mass is 245 g/mol. The first kappa shape index (κ1) is 13.4. The van der Waals surface area contributed by atoms with E-state index in [0.29, 0.717) is 6.42 Å². The summed E-state index contributed by atoms with van der Waals surface area (Å²) in [6.45, 7) is 0.827. The summed E-state index contributed by atoms with van der Waals surface area (Å²) in [5, 5.41) is 17.2. The Morgan fingerprint density at radius 1 is 1.24 bits per heavy atom. The second-order valence-electron chi connectivity index (χ2n) is 4.06. The van der Waals surface area contributed by atoms with E-state index in [2.05, 4.69) is 0 Å². The minimum Gasteiger partial charge on any atom is -0.480 e. The molecule has 7 heteroatoms. The highest BCUT2D eigenvalue weighted by molar-refractivity contribution is 5.86. The number of carbonyl (C=O) groups is 3. The van der Waals surface area contributed by atoms with Gasteiger partial charge in [0.2, 0.25) is 5.91 Å². The van der Waals surface area contributed by atoms with Gasteiger partial charge in [0.1, 0.15) is 13.1 Å². The van der Waals surface area contributed by atoms with Crippen molar-refractivity contribution in [2.75, 3.05) is 19.7 Å². The van der Waals surface area contributed by atoms with Gasteiger partial charge in [-0.05, 0) is 13.3 Å². The fourth-order valence-electron chi connectivity index (χ4n) is 1.79. The summed E-state index contributed by atoms with van der Waals surface area (Å²) in [6, 6.07) is 0. The highest BCUT2D eigenvalue weighted by Gasteiger charge is 2.33. The molecule has 0 aromatic carbocycles. The van der Waals surface area contributed by atoms with Crippen LogP contribution in [-0.2, 0) is 19.1 Å². The van der Waals surface area contributed by atoms with Gasteiger partial charge in [-0.1, -0.05) is 0 Å². The molecule has 1 fully saturated rings. The average molecular weight is 245 g/mol. The van der Waals surface area contributed by atoms with Crippen LogP contribution < -0.4 is 0 Å². The van der Waals surface area contributed by atoms with Crippen molar-refractivity contribution in [2.45, 2.75) is 19.4 Å². The number of carbonyl (C=O) groups excluding carboxylic acids is 1. The molecule has 1 amide bonds. The van der Waals surface area contributed by atoms with Crippen molar-refractivity contribution in [1.29, 1.82) is 0 Å². The van der Waals surface area contributed by atoms with E-state index in [1.807, 2.05) is 6.92 Å². The predicted octanol–water partition coefficient (Wildman–Crippen LogP) is -0.591. The number of carboxylic acids is 2. The van der Waals surface area contributed by atoms with Gasteiger partial charge in [-0.3, -0.25) is 14.4 Å². The van der Waals surface area contributed by atoms with Crippen molar-refractivity contribution in [3.8, 4) is 0 Å². The Hall–Kier alpha value is -1.63. The molecule has 2 atom stereocenters. The van der Waals surface area contributed by atoms with Crippen molar-refractivity contribution < 1.29 is 29.3 Å². The third-order valence-corrected chi connectivity index (χ3v) is 2.51. The van der Waals surface area contributed by atoms with E-state index in [4.69, 9.17) is 14.9 Å². The lowest BCUT2D eigenvalue weighted by molar-refractivity contribution is -0.151. The minimum atomic E-state index is -1.23. The molecule has 2 unspecified atom stereocenters. The maximum absolute atomic E-state index is 11.9. The maximum Gasteiger partial charge on any atom is 0.323 e. The first-order valence-electron chi connectivity index (χ1n) is 5.24. The van der Waals surface area contributed by atoms with Gasteiger partial charge in [0.05, 0.1) is 18.6 Å². The van der Waals surface area contributed by atoms with E-state index < -0.39 is 36.9 Å². The molecule has 1 heterocycles. The Kier molecular flexibility index (Phi) is 4.45. The lowest BCUT2D eigenvalue weighted by Crippen LogP contribution is -2.42. The number of hydrogen-bond acceptors (Lipinski definition) is 4. The molecule has 17 heavy (non-hydrogen) atoms. The highest BCUT2D eigenvalue weighted by Crippen LogP contribution is 2.21. The van der Waals surface area contributed by atoms with Gasteiger partial charge in [0.25, 0.3) is 0 Å². The summed E-state index contributed by atoms with van der Waals surface area (Å²) in [5.41, 5.74) is 0. The third-order valence-electron chi connectivity index (χ3n) is 2.51. The smallest absolute Gasteiger partial charge is 0.323 e. The zero-order valence-electron chi connectivity index (χ0n) is 9.46. The van der Waals surface area contributed by atoms with E-state index in [1.165, 1.54) is 0 Å². The quantitative estimate of drug-likeness (QED) is 0.670. The molecule has 0 bridgehead atoms. The molecular weight excluding hydrogens is 230 g/mol. The number of amides is 1. The number of ether oxygens (including phenoxy) is 1. The second-order valence-corrected chi connectivity index (χ2v) is 4.06. The van der Waals surface area contributed by atoms with E-state index >= 15 is 0 Å². The summed E-state index contributed by atoms with van der Waals surface area (Å²) in [6.07, 6.45) is 0.439. The first-order valence-corrected chi connectivity index (χ1v) is 5.24. The molecule has 1 aliphatic rings. The Morgan fingerprint density at radius 2 is 1.76 bits per heavy atom. The molecule has 2 N–H and O–H groups in total. The summed E-state index contributed by atoms with van der Waals surface area (Å²) in [4.78, 5) is 33.8. The summed E-state index contributed by atoms with van der Waals surface area (Å²) >= 11 is 0. The average Bonchev–Trinajstić information content (AvgIpc) is 2.61. The summed E-state index contributed by atoms with van der Waals surface area (Å²) in [7, 11) is 0. The highest BCUT2D eigenvalue weighted by atomic mass is 16.5. The number of hydrogen-bond donors (Lipinski definition) is 2. The van der Waals surface area contributed by atoms with Crippen LogP contribution in [0.15, 0.2) is 0 Å². The molecule has 0 aromatic heterocycles. The van der Waals surface area contributed by atoms with Crippen LogP contribution in [0, 0.1) is 5.92 Å². The number of aliphatic carboxylic acids is 2. The normalized spacial score (nSPS) is 23.4. The molecule has 7 nitrogen and oxygen atoms in total. The van der Waals surface area contributed by atoms with E-state index in [-0.39, 0.29) is 12.7 Å². The van der Waals surface area contributed by atoms with Crippen molar-refractivity contribution in [1.82, 2.24) is 4.90 Å². The molecule has 96 valence electrons. The molecule has 1 rings (SSSR count). The Labute approximate surface area is 98.0 Å². The third kappa shape index (κ3) is 4.03. The van der Waals surface area contributed by atoms with Crippen LogP contribution in [0.2, 0.25) is 0 Å². The molecule has 0 aliphatic carbocycles. The Morgan fingerprint density at radius 3 is 2.12 bits per heavy atom. The van der Waals surface area contributed by atoms with Gasteiger partial charge in [-0.2, -0.15) is 0 Å². The van der Waals surface area contributed by atoms with Gasteiger partial charge < -0.3 is 19.8 Å². The van der Waals surface area contributed by atoms with Crippen LogP contribution in [0.1, 0.15) is 13.3 Å².